The fourth-order valence-corrected chi connectivity index (χ4v) is 2.83. The number of hydrogen-bond acceptors (Lipinski definition) is 4. The average Bonchev–Trinajstić information content (AvgIpc) is 2.97. The third-order valence-electron chi connectivity index (χ3n) is 3.73. The molecule has 134 valence electrons. The fraction of sp³-hybridized carbons (Fsp3) is 0.200. The predicted octanol–water partition coefficient (Wildman–Crippen LogP) is 5.52. The quantitative estimate of drug-likeness (QED) is 0.371. The third-order valence-corrected chi connectivity index (χ3v) is 4.28. The van der Waals surface area contributed by atoms with Crippen LogP contribution in [-0.4, -0.2) is 18.5 Å². The van der Waals surface area contributed by atoms with Gasteiger partial charge in [0.25, 0.3) is 0 Å². The van der Waals surface area contributed by atoms with Crippen molar-refractivity contribution in [3.8, 4) is 5.75 Å². The number of unbranched alkanes of at least 4 members (excludes halogenated alkanes) is 1. The smallest absolute Gasteiger partial charge is 0.363 e. The molecule has 0 bridgehead atoms. The molecule has 1 heterocycles. The highest BCUT2D eigenvalue weighted by Gasteiger charge is 2.25. The Morgan fingerprint density at radius 3 is 2.62 bits per heavy atom. The Morgan fingerprint density at radius 2 is 1.92 bits per heavy atom. The molecule has 0 fully saturated rings. The number of aliphatic imine (C=N–C) groups is 1. The van der Waals surface area contributed by atoms with E-state index in [0.29, 0.717) is 22.2 Å². The highest BCUT2D eigenvalue weighted by atomic mass is 35.5. The van der Waals surface area contributed by atoms with Gasteiger partial charge < -0.3 is 9.47 Å². The second kappa shape index (κ2) is 8.39. The summed E-state index contributed by atoms with van der Waals surface area (Å²) in [7, 11) is 0. The van der Waals surface area contributed by atoms with Gasteiger partial charge in [0.2, 0.25) is 5.90 Å². The third kappa shape index (κ3) is 4.45. The van der Waals surface area contributed by atoms with Crippen LogP contribution in [0.3, 0.4) is 0 Å². The van der Waals surface area contributed by atoms with Gasteiger partial charge in [-0.1, -0.05) is 48.7 Å². The number of ether oxygens (including phenoxy) is 2. The van der Waals surface area contributed by atoms with Gasteiger partial charge in [-0.25, -0.2) is 9.79 Å². The molecule has 0 unspecified atom stereocenters. The monoisotopic (exact) mass is 389 g/mol. The van der Waals surface area contributed by atoms with Gasteiger partial charge in [-0.3, -0.25) is 0 Å². The van der Waals surface area contributed by atoms with Crippen molar-refractivity contribution in [3.63, 3.8) is 0 Å². The number of rotatable bonds is 6. The van der Waals surface area contributed by atoms with E-state index >= 15 is 0 Å². The molecular weight excluding hydrogens is 373 g/mol. The Bertz CT molecular complexity index is 873. The van der Waals surface area contributed by atoms with Gasteiger partial charge in [0.15, 0.2) is 5.70 Å². The van der Waals surface area contributed by atoms with Crippen molar-refractivity contribution in [2.75, 3.05) is 6.61 Å². The van der Waals surface area contributed by atoms with Crippen LogP contribution in [0.15, 0.2) is 53.2 Å². The summed E-state index contributed by atoms with van der Waals surface area (Å²) in [6, 6.07) is 12.4. The molecule has 0 atom stereocenters. The van der Waals surface area contributed by atoms with Crippen LogP contribution in [-0.2, 0) is 9.53 Å². The summed E-state index contributed by atoms with van der Waals surface area (Å²) < 4.78 is 10.9. The van der Waals surface area contributed by atoms with E-state index in [4.69, 9.17) is 32.7 Å². The minimum atomic E-state index is -0.519. The maximum atomic E-state index is 12.1. The van der Waals surface area contributed by atoms with E-state index in [0.717, 1.165) is 24.2 Å². The number of carbonyl (C=O) groups excluding carboxylic acids is 1. The highest BCUT2D eigenvalue weighted by Crippen LogP contribution is 2.26. The minimum Gasteiger partial charge on any atom is -0.494 e. The number of carbonyl (C=O) groups is 1. The summed E-state index contributed by atoms with van der Waals surface area (Å²) in [5.74, 6) is 0.448. The van der Waals surface area contributed by atoms with Crippen LogP contribution in [0.1, 0.15) is 30.9 Å². The van der Waals surface area contributed by atoms with Crippen molar-refractivity contribution in [1.82, 2.24) is 0 Å². The lowest BCUT2D eigenvalue weighted by Crippen LogP contribution is -2.05. The van der Waals surface area contributed by atoms with Gasteiger partial charge in [-0.05, 0) is 48.4 Å². The molecule has 0 saturated heterocycles. The molecule has 0 aromatic heterocycles. The van der Waals surface area contributed by atoms with Crippen molar-refractivity contribution in [1.29, 1.82) is 0 Å². The van der Waals surface area contributed by atoms with Crippen LogP contribution in [0.25, 0.3) is 6.08 Å². The molecule has 6 heteroatoms. The second-order valence-corrected chi connectivity index (χ2v) is 6.57. The van der Waals surface area contributed by atoms with Crippen LogP contribution >= 0.6 is 23.2 Å². The van der Waals surface area contributed by atoms with E-state index in [1.807, 2.05) is 24.3 Å². The Hall–Kier alpha value is -2.30. The van der Waals surface area contributed by atoms with E-state index in [9.17, 15) is 4.79 Å². The summed E-state index contributed by atoms with van der Waals surface area (Å²) in [4.78, 5) is 16.3. The lowest BCUT2D eigenvalue weighted by Gasteiger charge is -2.05. The Balaban J connectivity index is 1.78. The maximum Gasteiger partial charge on any atom is 0.363 e. The van der Waals surface area contributed by atoms with Gasteiger partial charge in [-0.15, -0.1) is 0 Å². The lowest BCUT2D eigenvalue weighted by molar-refractivity contribution is -0.129. The predicted molar refractivity (Wildman–Crippen MR) is 104 cm³/mol. The molecule has 26 heavy (non-hydrogen) atoms. The van der Waals surface area contributed by atoms with E-state index in [-0.39, 0.29) is 11.6 Å². The fourth-order valence-electron chi connectivity index (χ4n) is 2.34. The summed E-state index contributed by atoms with van der Waals surface area (Å²) in [6.07, 6.45) is 3.77. The number of benzene rings is 2. The highest BCUT2D eigenvalue weighted by molar-refractivity contribution is 6.37. The van der Waals surface area contributed by atoms with E-state index in [2.05, 4.69) is 11.9 Å². The zero-order chi connectivity index (χ0) is 18.5. The Kier molecular flexibility index (Phi) is 5.96. The second-order valence-electron chi connectivity index (χ2n) is 5.73. The number of hydrogen-bond donors (Lipinski definition) is 0. The van der Waals surface area contributed by atoms with Crippen LogP contribution < -0.4 is 4.74 Å². The molecule has 0 saturated carbocycles. The van der Waals surface area contributed by atoms with Gasteiger partial charge in [0.1, 0.15) is 5.75 Å². The molecule has 1 aliphatic heterocycles. The van der Waals surface area contributed by atoms with Crippen LogP contribution in [0.5, 0.6) is 5.75 Å². The number of esters is 1. The van der Waals surface area contributed by atoms with Gasteiger partial charge in [0.05, 0.1) is 17.2 Å². The Labute approximate surface area is 162 Å². The standard InChI is InChI=1S/C20H17Cl2NO3/c1-2-3-10-25-15-7-4-13(5-8-15)11-18-20(24)26-19(23-18)16-9-6-14(21)12-17(16)22/h4-9,11-12H,2-3,10H2,1H3/b18-11-. The topological polar surface area (TPSA) is 47.9 Å². The molecule has 2 aromatic carbocycles. The molecule has 0 N–H and O–H groups in total. The van der Waals surface area contributed by atoms with Gasteiger partial charge in [0, 0.05) is 5.02 Å². The van der Waals surface area contributed by atoms with Gasteiger partial charge >= 0.3 is 5.97 Å². The first-order valence-electron chi connectivity index (χ1n) is 8.27. The van der Waals surface area contributed by atoms with Crippen molar-refractivity contribution in [2.45, 2.75) is 19.8 Å². The molecular formula is C20H17Cl2NO3. The molecule has 1 aliphatic rings. The van der Waals surface area contributed by atoms with Crippen LogP contribution in [0.2, 0.25) is 10.0 Å². The van der Waals surface area contributed by atoms with E-state index in [1.54, 1.807) is 24.3 Å². The molecule has 3 rings (SSSR count). The lowest BCUT2D eigenvalue weighted by atomic mass is 10.2. The summed E-state index contributed by atoms with van der Waals surface area (Å²) >= 11 is 12.0. The number of halogens is 2. The SMILES string of the molecule is CCCCOc1ccc(/C=C2\N=C(c3ccc(Cl)cc3Cl)OC2=O)cc1. The van der Waals surface area contributed by atoms with E-state index < -0.39 is 5.97 Å². The number of nitrogens with zero attached hydrogens (tertiary/aromatic N) is 1. The van der Waals surface area contributed by atoms with Crippen LogP contribution in [0, 0.1) is 0 Å². The first-order chi connectivity index (χ1) is 12.6. The summed E-state index contributed by atoms with van der Waals surface area (Å²) in [6.45, 7) is 2.81. The molecule has 2 aromatic rings. The first-order valence-corrected chi connectivity index (χ1v) is 9.03. The van der Waals surface area contributed by atoms with E-state index in [1.165, 1.54) is 0 Å². The van der Waals surface area contributed by atoms with Crippen molar-refractivity contribution < 1.29 is 14.3 Å². The van der Waals surface area contributed by atoms with Crippen molar-refractivity contribution >= 4 is 41.1 Å². The maximum absolute atomic E-state index is 12.1. The zero-order valence-corrected chi connectivity index (χ0v) is 15.7. The first kappa shape index (κ1) is 18.5. The van der Waals surface area contributed by atoms with Gasteiger partial charge in [-0.2, -0.15) is 0 Å². The van der Waals surface area contributed by atoms with Crippen LogP contribution in [0.4, 0.5) is 0 Å². The molecule has 4 nitrogen and oxygen atoms in total. The number of cyclic esters (lactones) is 1. The normalized spacial score (nSPS) is 15.1. The molecule has 0 spiro atoms. The average molecular weight is 390 g/mol. The molecule has 0 amide bonds. The zero-order valence-electron chi connectivity index (χ0n) is 14.2. The van der Waals surface area contributed by atoms with Crippen molar-refractivity contribution in [3.05, 3.63) is 69.3 Å². The summed E-state index contributed by atoms with van der Waals surface area (Å²) in [5.41, 5.74) is 1.56. The summed E-state index contributed by atoms with van der Waals surface area (Å²) in [5, 5.41) is 0.875. The minimum absolute atomic E-state index is 0.169. The molecule has 0 aliphatic carbocycles. The molecule has 0 radical (unpaired) electrons. The Morgan fingerprint density at radius 1 is 1.15 bits per heavy atom. The van der Waals surface area contributed by atoms with Crippen molar-refractivity contribution in [2.24, 2.45) is 4.99 Å². The largest absolute Gasteiger partial charge is 0.494 e.